The molecule has 0 unspecified atom stereocenters. The van der Waals surface area contributed by atoms with Crippen molar-refractivity contribution in [2.75, 3.05) is 39.6 Å². The highest BCUT2D eigenvalue weighted by Gasteiger charge is 2.53. The Kier molecular flexibility index (Phi) is 27.2. The molecule has 0 saturated heterocycles. The van der Waals surface area contributed by atoms with Crippen LogP contribution in [0.4, 0.5) is 0 Å². The molecule has 1 rings (SSSR count). The van der Waals surface area contributed by atoms with Crippen LogP contribution in [0.25, 0.3) is 0 Å². The molecule has 0 aliphatic heterocycles. The van der Waals surface area contributed by atoms with E-state index < -0.39 is 71.3 Å². The number of ether oxygens (including phenoxy) is 6. The van der Waals surface area contributed by atoms with Gasteiger partial charge in [-0.3, -0.25) is 28.8 Å². The topological polar surface area (TPSA) is 158 Å². The lowest BCUT2D eigenvalue weighted by molar-refractivity contribution is -0.167. The molecule has 0 heterocycles. The lowest BCUT2D eigenvalue weighted by Gasteiger charge is -2.51. The molecule has 0 radical (unpaired) electrons. The largest absolute Gasteiger partial charge is 0.466 e. The zero-order valence-electron chi connectivity index (χ0n) is 34.3. The second-order valence-corrected chi connectivity index (χ2v) is 14.7. The number of hydrogen-bond acceptors (Lipinski definition) is 12. The number of esters is 6. The van der Waals surface area contributed by atoms with Crippen LogP contribution in [0.3, 0.4) is 0 Å². The van der Waals surface area contributed by atoms with Crippen molar-refractivity contribution in [1.29, 1.82) is 0 Å². The molecule has 0 amide bonds. The Bertz CT molecular complexity index is 862. The Hall–Kier alpha value is -3.18. The maximum absolute atomic E-state index is 13.6. The third kappa shape index (κ3) is 19.9. The highest BCUT2D eigenvalue weighted by atomic mass is 16.6. The van der Waals surface area contributed by atoms with Crippen molar-refractivity contribution in [1.82, 2.24) is 0 Å². The molecule has 1 aliphatic carbocycles. The first kappa shape index (κ1) is 48.8. The Balaban J connectivity index is 3.96. The Morgan fingerprint density at radius 2 is 0.407 bits per heavy atom. The van der Waals surface area contributed by atoms with E-state index in [0.29, 0.717) is 38.5 Å². The summed E-state index contributed by atoms with van der Waals surface area (Å²) in [7, 11) is 0. The quantitative estimate of drug-likeness (QED) is 0.0393. The third-order valence-electron chi connectivity index (χ3n) is 10.3. The van der Waals surface area contributed by atoms with Gasteiger partial charge in [0.25, 0.3) is 0 Å². The van der Waals surface area contributed by atoms with Crippen molar-refractivity contribution in [3.63, 3.8) is 0 Å². The molecule has 312 valence electrons. The fourth-order valence-electron chi connectivity index (χ4n) is 7.21. The molecule has 1 aliphatic rings. The van der Waals surface area contributed by atoms with Crippen LogP contribution in [-0.4, -0.2) is 75.5 Å². The molecule has 0 aromatic carbocycles. The smallest absolute Gasteiger partial charge is 0.306 e. The van der Waals surface area contributed by atoms with Crippen LogP contribution in [0, 0.1) is 35.5 Å². The van der Waals surface area contributed by atoms with Crippen LogP contribution in [0.15, 0.2) is 0 Å². The molecule has 54 heavy (non-hydrogen) atoms. The van der Waals surface area contributed by atoms with Gasteiger partial charge in [-0.05, 0) is 74.0 Å². The highest BCUT2D eigenvalue weighted by molar-refractivity contribution is 5.75. The fraction of sp³-hybridized carbons (Fsp3) is 0.857. The van der Waals surface area contributed by atoms with Gasteiger partial charge in [0.1, 0.15) is 0 Å². The number of carbonyl (C=O) groups is 6. The van der Waals surface area contributed by atoms with E-state index in [1.54, 1.807) is 0 Å². The summed E-state index contributed by atoms with van der Waals surface area (Å²) in [5.41, 5.74) is 0. The van der Waals surface area contributed by atoms with Gasteiger partial charge in [-0.15, -0.1) is 0 Å². The van der Waals surface area contributed by atoms with Gasteiger partial charge in [-0.25, -0.2) is 0 Å². The minimum atomic E-state index is -0.703. The van der Waals surface area contributed by atoms with Gasteiger partial charge < -0.3 is 28.4 Å². The Morgan fingerprint density at radius 3 is 0.519 bits per heavy atom. The van der Waals surface area contributed by atoms with Crippen molar-refractivity contribution in [2.45, 2.75) is 157 Å². The van der Waals surface area contributed by atoms with E-state index >= 15 is 0 Å². The van der Waals surface area contributed by atoms with Gasteiger partial charge in [-0.2, -0.15) is 0 Å². The van der Waals surface area contributed by atoms with E-state index in [-0.39, 0.29) is 78.2 Å². The lowest BCUT2D eigenvalue weighted by atomic mass is 9.52. The van der Waals surface area contributed by atoms with Gasteiger partial charge in [0, 0.05) is 38.5 Å². The minimum absolute atomic E-state index is 0.167. The molecule has 0 bridgehead atoms. The lowest BCUT2D eigenvalue weighted by Crippen LogP contribution is -2.50. The summed E-state index contributed by atoms with van der Waals surface area (Å²) in [5, 5.41) is 0. The van der Waals surface area contributed by atoms with Crippen LogP contribution in [0.1, 0.15) is 157 Å². The van der Waals surface area contributed by atoms with Crippen molar-refractivity contribution in [3.05, 3.63) is 0 Å². The van der Waals surface area contributed by atoms with Crippen LogP contribution >= 0.6 is 0 Å². The van der Waals surface area contributed by atoms with Gasteiger partial charge in [0.2, 0.25) is 0 Å². The average molecular weight is 769 g/mol. The van der Waals surface area contributed by atoms with Crippen molar-refractivity contribution < 1.29 is 57.2 Å². The molecular weight excluding hydrogens is 696 g/mol. The van der Waals surface area contributed by atoms with Crippen molar-refractivity contribution >= 4 is 35.8 Å². The fourth-order valence-corrected chi connectivity index (χ4v) is 7.21. The molecule has 1 fully saturated rings. The van der Waals surface area contributed by atoms with Crippen molar-refractivity contribution in [2.24, 2.45) is 35.5 Å². The summed E-state index contributed by atoms with van der Waals surface area (Å²) in [5.74, 6) is -7.26. The average Bonchev–Trinajstić information content (AvgIpc) is 3.13. The van der Waals surface area contributed by atoms with Crippen LogP contribution in [-0.2, 0) is 57.2 Å². The molecule has 12 heteroatoms. The molecule has 0 N–H and O–H groups in total. The normalized spacial score (nSPS) is 20.8. The standard InChI is InChI=1S/C42H72O12/c1-7-13-19-49-37(43)25-31-32(26-38(44)50-20-14-8-2)34(28-40(46)52-22-16-10-4)36(30-42(48)54-24-18-12-6)35(29-41(47)53-23-17-11-5)33(31)27-39(45)51-21-15-9-3/h31-36H,7-30H2,1-6H3. The van der Waals surface area contributed by atoms with Gasteiger partial charge in [-0.1, -0.05) is 80.1 Å². The van der Waals surface area contributed by atoms with Crippen LogP contribution in [0.5, 0.6) is 0 Å². The first-order chi connectivity index (χ1) is 26.1. The second kappa shape index (κ2) is 30.1. The number of hydrogen-bond donors (Lipinski definition) is 0. The predicted molar refractivity (Wildman–Crippen MR) is 204 cm³/mol. The third-order valence-corrected chi connectivity index (χ3v) is 10.3. The van der Waals surface area contributed by atoms with Gasteiger partial charge >= 0.3 is 35.8 Å². The minimum Gasteiger partial charge on any atom is -0.466 e. The number of unbranched alkanes of at least 4 members (excludes halogenated alkanes) is 6. The van der Waals surface area contributed by atoms with E-state index in [2.05, 4.69) is 0 Å². The summed E-state index contributed by atoms with van der Waals surface area (Å²) in [4.78, 5) is 81.4. The van der Waals surface area contributed by atoms with E-state index in [1.165, 1.54) is 0 Å². The maximum atomic E-state index is 13.6. The second-order valence-electron chi connectivity index (χ2n) is 14.7. The van der Waals surface area contributed by atoms with Gasteiger partial charge in [0.05, 0.1) is 39.6 Å². The first-order valence-electron chi connectivity index (χ1n) is 21.0. The van der Waals surface area contributed by atoms with E-state index in [4.69, 9.17) is 28.4 Å². The van der Waals surface area contributed by atoms with Crippen molar-refractivity contribution in [3.8, 4) is 0 Å². The summed E-state index contributed by atoms with van der Waals surface area (Å²) >= 11 is 0. The van der Waals surface area contributed by atoms with Gasteiger partial charge in [0.15, 0.2) is 0 Å². The number of rotatable bonds is 30. The molecule has 0 aromatic heterocycles. The molecule has 0 atom stereocenters. The SMILES string of the molecule is CCCCOC(=O)CC1C(CC(=O)OCCCC)C(CC(=O)OCCCC)C(CC(=O)OCCCC)C(CC(=O)OCCCC)C1CC(=O)OCCCC. The zero-order valence-corrected chi connectivity index (χ0v) is 34.3. The van der Waals surface area contributed by atoms with Crippen LogP contribution < -0.4 is 0 Å². The Morgan fingerprint density at radius 1 is 0.278 bits per heavy atom. The van der Waals surface area contributed by atoms with Crippen LogP contribution in [0.2, 0.25) is 0 Å². The summed E-state index contributed by atoms with van der Waals surface area (Å²) in [6.07, 6.45) is 7.88. The molecule has 1 saturated carbocycles. The summed E-state index contributed by atoms with van der Waals surface area (Å²) < 4.78 is 33.8. The first-order valence-corrected chi connectivity index (χ1v) is 21.0. The highest BCUT2D eigenvalue weighted by Crippen LogP contribution is 2.54. The summed E-state index contributed by atoms with van der Waals surface area (Å²) in [6, 6.07) is 0. The monoisotopic (exact) mass is 769 g/mol. The summed E-state index contributed by atoms with van der Waals surface area (Å²) in [6.45, 7) is 13.2. The maximum Gasteiger partial charge on any atom is 0.306 e. The zero-order chi connectivity index (χ0) is 40.1. The predicted octanol–water partition coefficient (Wildman–Crippen LogP) is 8.10. The van der Waals surface area contributed by atoms with E-state index in [9.17, 15) is 28.8 Å². The molecule has 0 aromatic rings. The molecule has 12 nitrogen and oxygen atoms in total. The molecule has 0 spiro atoms. The molecular formula is C42H72O12. The van der Waals surface area contributed by atoms with E-state index in [0.717, 1.165) is 38.5 Å². The number of carbonyl (C=O) groups excluding carboxylic acids is 6. The van der Waals surface area contributed by atoms with E-state index in [1.807, 2.05) is 41.5 Å². The Labute approximate surface area is 324 Å².